The van der Waals surface area contributed by atoms with E-state index in [1.54, 1.807) is 0 Å². The van der Waals surface area contributed by atoms with Crippen molar-refractivity contribution in [1.29, 1.82) is 0 Å². The quantitative estimate of drug-likeness (QED) is 0.811. The normalized spacial score (nSPS) is 14.2. The van der Waals surface area contributed by atoms with Crippen LogP contribution >= 0.6 is 0 Å². The first-order valence-corrected chi connectivity index (χ1v) is 6.96. The van der Waals surface area contributed by atoms with E-state index in [0.717, 1.165) is 25.2 Å². The highest BCUT2D eigenvalue weighted by atomic mass is 15.6. The molecule has 0 aliphatic carbocycles. The van der Waals surface area contributed by atoms with Crippen molar-refractivity contribution in [3.63, 3.8) is 0 Å². The zero-order valence-corrected chi connectivity index (χ0v) is 12.6. The van der Waals surface area contributed by atoms with Crippen molar-refractivity contribution in [2.24, 2.45) is 5.92 Å². The maximum absolute atomic E-state index is 4.20. The van der Waals surface area contributed by atoms with Gasteiger partial charge in [0.2, 0.25) is 0 Å². The second kappa shape index (κ2) is 6.27. The zero-order valence-electron chi connectivity index (χ0n) is 12.6. The second-order valence-corrected chi connectivity index (χ2v) is 5.68. The molecule has 0 aromatic carbocycles. The second-order valence-electron chi connectivity index (χ2n) is 5.68. The maximum atomic E-state index is 4.20. The van der Waals surface area contributed by atoms with Crippen molar-refractivity contribution in [2.75, 3.05) is 6.54 Å². The molecule has 0 saturated carbocycles. The van der Waals surface area contributed by atoms with Gasteiger partial charge in [0, 0.05) is 0 Å². The van der Waals surface area contributed by atoms with Gasteiger partial charge < -0.3 is 5.32 Å². The van der Waals surface area contributed by atoms with Gasteiger partial charge in [-0.15, -0.1) is 5.10 Å². The Morgan fingerprint density at radius 2 is 1.83 bits per heavy atom. The average molecular weight is 253 g/mol. The number of hydrogen-bond acceptors (Lipinski definition) is 4. The summed E-state index contributed by atoms with van der Waals surface area (Å²) in [7, 11) is 0. The Morgan fingerprint density at radius 3 is 2.33 bits per heavy atom. The standard InChI is InChI=1S/C13H27N5/c1-7-13(6,8-2)18-12(15-16-17-18)11(5)14-9-10(3)4/h10-11,14H,7-9H2,1-6H3. The van der Waals surface area contributed by atoms with E-state index in [4.69, 9.17) is 0 Å². The van der Waals surface area contributed by atoms with Crippen molar-refractivity contribution < 1.29 is 0 Å². The van der Waals surface area contributed by atoms with Crippen LogP contribution in [0.25, 0.3) is 0 Å². The minimum atomic E-state index is 0.00655. The molecule has 0 amide bonds. The van der Waals surface area contributed by atoms with E-state index in [9.17, 15) is 0 Å². The van der Waals surface area contributed by atoms with Gasteiger partial charge in [-0.2, -0.15) is 0 Å². The molecule has 5 nitrogen and oxygen atoms in total. The summed E-state index contributed by atoms with van der Waals surface area (Å²) < 4.78 is 1.99. The molecule has 18 heavy (non-hydrogen) atoms. The predicted molar refractivity (Wildman–Crippen MR) is 73.3 cm³/mol. The summed E-state index contributed by atoms with van der Waals surface area (Å²) in [5, 5.41) is 15.7. The van der Waals surface area contributed by atoms with E-state index in [2.05, 4.69) is 62.4 Å². The Bertz CT molecular complexity index is 354. The molecular formula is C13H27N5. The summed E-state index contributed by atoms with van der Waals surface area (Å²) in [5.74, 6) is 1.56. The maximum Gasteiger partial charge on any atom is 0.168 e. The fraction of sp³-hybridized carbons (Fsp3) is 0.923. The molecular weight excluding hydrogens is 226 g/mol. The van der Waals surface area contributed by atoms with E-state index >= 15 is 0 Å². The molecule has 0 aliphatic heterocycles. The summed E-state index contributed by atoms with van der Waals surface area (Å²) in [5.41, 5.74) is 0.00655. The molecule has 0 radical (unpaired) electrons. The minimum absolute atomic E-state index is 0.00655. The number of rotatable bonds is 7. The number of aromatic nitrogens is 4. The van der Waals surface area contributed by atoms with Gasteiger partial charge >= 0.3 is 0 Å². The largest absolute Gasteiger partial charge is 0.307 e. The smallest absolute Gasteiger partial charge is 0.168 e. The van der Waals surface area contributed by atoms with Crippen molar-refractivity contribution >= 4 is 0 Å². The van der Waals surface area contributed by atoms with Crippen molar-refractivity contribution in [1.82, 2.24) is 25.5 Å². The lowest BCUT2D eigenvalue weighted by atomic mass is 9.95. The molecule has 104 valence electrons. The highest BCUT2D eigenvalue weighted by Gasteiger charge is 2.28. The van der Waals surface area contributed by atoms with Crippen LogP contribution < -0.4 is 5.32 Å². The molecule has 1 aromatic heterocycles. The molecule has 1 aromatic rings. The first-order valence-electron chi connectivity index (χ1n) is 6.96. The van der Waals surface area contributed by atoms with Crippen LogP contribution in [0.15, 0.2) is 0 Å². The third-order valence-corrected chi connectivity index (χ3v) is 3.75. The fourth-order valence-electron chi connectivity index (χ4n) is 1.90. The first-order chi connectivity index (χ1) is 8.44. The Morgan fingerprint density at radius 1 is 1.22 bits per heavy atom. The van der Waals surface area contributed by atoms with Gasteiger partial charge in [0.15, 0.2) is 5.82 Å². The predicted octanol–water partition coefficient (Wildman–Crippen LogP) is 2.51. The summed E-state index contributed by atoms with van der Waals surface area (Å²) >= 11 is 0. The van der Waals surface area contributed by atoms with Gasteiger partial charge in [-0.05, 0) is 49.6 Å². The van der Waals surface area contributed by atoms with Crippen molar-refractivity contribution in [3.05, 3.63) is 5.82 Å². The summed E-state index contributed by atoms with van der Waals surface area (Å²) in [6.07, 6.45) is 2.05. The van der Waals surface area contributed by atoms with Gasteiger partial charge in [-0.3, -0.25) is 0 Å². The molecule has 0 fully saturated rings. The Labute approximate surface area is 110 Å². The summed E-state index contributed by atoms with van der Waals surface area (Å²) in [6.45, 7) is 14.1. The van der Waals surface area contributed by atoms with E-state index in [-0.39, 0.29) is 11.6 Å². The van der Waals surface area contributed by atoms with Gasteiger partial charge in [-0.25, -0.2) is 4.68 Å². The van der Waals surface area contributed by atoms with Crippen molar-refractivity contribution in [3.8, 4) is 0 Å². The summed E-state index contributed by atoms with van der Waals surface area (Å²) in [6, 6.07) is 0.180. The topological polar surface area (TPSA) is 55.6 Å². The minimum Gasteiger partial charge on any atom is -0.307 e. The molecule has 5 heteroatoms. The third kappa shape index (κ3) is 3.28. The van der Waals surface area contributed by atoms with Crippen LogP contribution in [0.2, 0.25) is 0 Å². The van der Waals surface area contributed by atoms with Crippen LogP contribution in [-0.4, -0.2) is 26.8 Å². The van der Waals surface area contributed by atoms with E-state index in [1.807, 2.05) is 4.68 Å². The molecule has 0 saturated heterocycles. The molecule has 1 N–H and O–H groups in total. The van der Waals surface area contributed by atoms with Crippen LogP contribution in [0.4, 0.5) is 0 Å². The van der Waals surface area contributed by atoms with Crippen LogP contribution in [-0.2, 0) is 5.54 Å². The molecule has 1 rings (SSSR count). The lowest BCUT2D eigenvalue weighted by molar-refractivity contribution is 0.243. The van der Waals surface area contributed by atoms with Crippen molar-refractivity contribution in [2.45, 2.75) is 66.0 Å². The number of hydrogen-bond donors (Lipinski definition) is 1. The Hall–Kier alpha value is -0.970. The number of tetrazole rings is 1. The molecule has 0 aliphatic rings. The highest BCUT2D eigenvalue weighted by Crippen LogP contribution is 2.26. The van der Waals surface area contributed by atoms with Crippen LogP contribution in [0.1, 0.15) is 66.3 Å². The van der Waals surface area contributed by atoms with Crippen LogP contribution in [0.5, 0.6) is 0 Å². The van der Waals surface area contributed by atoms with E-state index in [0.29, 0.717) is 5.92 Å². The number of nitrogens with one attached hydrogen (secondary N) is 1. The molecule has 1 atom stereocenters. The van der Waals surface area contributed by atoms with Gasteiger partial charge in [0.1, 0.15) is 0 Å². The average Bonchev–Trinajstić information content (AvgIpc) is 2.84. The third-order valence-electron chi connectivity index (χ3n) is 3.75. The Balaban J connectivity index is 2.88. The SMILES string of the molecule is CCC(C)(CC)n1nnnc1C(C)NCC(C)C. The highest BCUT2D eigenvalue weighted by molar-refractivity contribution is 4.95. The zero-order chi connectivity index (χ0) is 13.8. The van der Waals surface area contributed by atoms with Gasteiger partial charge in [0.05, 0.1) is 11.6 Å². The fourth-order valence-corrected chi connectivity index (χ4v) is 1.90. The van der Waals surface area contributed by atoms with Gasteiger partial charge in [0.25, 0.3) is 0 Å². The van der Waals surface area contributed by atoms with E-state index in [1.165, 1.54) is 0 Å². The number of nitrogens with zero attached hydrogens (tertiary/aromatic N) is 4. The van der Waals surface area contributed by atoms with E-state index < -0.39 is 0 Å². The molecule has 1 unspecified atom stereocenters. The van der Waals surface area contributed by atoms with Gasteiger partial charge in [-0.1, -0.05) is 27.7 Å². The first kappa shape index (κ1) is 15.1. The molecule has 0 bridgehead atoms. The monoisotopic (exact) mass is 253 g/mol. The lowest BCUT2D eigenvalue weighted by Gasteiger charge is -2.29. The van der Waals surface area contributed by atoms with Crippen LogP contribution in [0.3, 0.4) is 0 Å². The Kier molecular flexibility index (Phi) is 5.26. The lowest BCUT2D eigenvalue weighted by Crippen LogP contribution is -2.35. The molecule has 1 heterocycles. The van der Waals surface area contributed by atoms with Crippen LogP contribution in [0, 0.1) is 5.92 Å². The molecule has 0 spiro atoms. The summed E-state index contributed by atoms with van der Waals surface area (Å²) in [4.78, 5) is 0.